The summed E-state index contributed by atoms with van der Waals surface area (Å²) in [4.78, 5) is 14.6. The van der Waals surface area contributed by atoms with Crippen molar-refractivity contribution in [2.45, 2.75) is 39.2 Å². The Bertz CT molecular complexity index is 441. The quantitative estimate of drug-likeness (QED) is 0.817. The molecular formula is C13H24N2O3S. The van der Waals surface area contributed by atoms with Crippen molar-refractivity contribution in [1.29, 1.82) is 0 Å². The molecule has 2 atom stereocenters. The summed E-state index contributed by atoms with van der Waals surface area (Å²) in [6.07, 6.45) is 2.73. The van der Waals surface area contributed by atoms with Gasteiger partial charge in [0, 0.05) is 19.1 Å². The maximum atomic E-state index is 12.8. The van der Waals surface area contributed by atoms with Gasteiger partial charge in [0.05, 0.1) is 16.9 Å². The van der Waals surface area contributed by atoms with Crippen LogP contribution in [-0.2, 0) is 14.6 Å². The van der Waals surface area contributed by atoms with Crippen LogP contribution in [0, 0.1) is 5.41 Å². The minimum atomic E-state index is -2.96. The molecule has 1 N–H and O–H groups in total. The molecule has 5 nitrogen and oxygen atoms in total. The van der Waals surface area contributed by atoms with Crippen LogP contribution < -0.4 is 5.32 Å². The van der Waals surface area contributed by atoms with Crippen LogP contribution in [0.15, 0.2) is 0 Å². The van der Waals surface area contributed by atoms with Crippen LogP contribution in [0.4, 0.5) is 0 Å². The van der Waals surface area contributed by atoms with Gasteiger partial charge in [-0.3, -0.25) is 4.79 Å². The van der Waals surface area contributed by atoms with Crippen LogP contribution in [0.1, 0.15) is 33.1 Å². The fourth-order valence-corrected chi connectivity index (χ4v) is 4.89. The van der Waals surface area contributed by atoms with Gasteiger partial charge in [-0.15, -0.1) is 0 Å². The summed E-state index contributed by atoms with van der Waals surface area (Å²) in [5.74, 6) is 0.370. The third-order valence-electron chi connectivity index (χ3n) is 4.36. The summed E-state index contributed by atoms with van der Waals surface area (Å²) in [7, 11) is -2.96. The van der Waals surface area contributed by atoms with E-state index in [1.165, 1.54) is 0 Å². The number of nitrogens with zero attached hydrogens (tertiary/aromatic N) is 1. The van der Waals surface area contributed by atoms with Crippen LogP contribution in [0.2, 0.25) is 0 Å². The van der Waals surface area contributed by atoms with Crippen LogP contribution in [0.3, 0.4) is 0 Å². The lowest BCUT2D eigenvalue weighted by Gasteiger charge is -2.39. The molecule has 2 aliphatic heterocycles. The van der Waals surface area contributed by atoms with E-state index < -0.39 is 9.84 Å². The first kappa shape index (κ1) is 14.8. The standard InChI is InChI=1S/C13H24N2O3S/c1-3-4-13(5-6-14-10-13)12(16)15-7-8-19(17,18)9-11(15)2/h11,14H,3-10H2,1-2H3. The van der Waals surface area contributed by atoms with Crippen molar-refractivity contribution in [3.63, 3.8) is 0 Å². The Balaban J connectivity index is 2.14. The lowest BCUT2D eigenvalue weighted by atomic mass is 9.80. The molecule has 2 saturated heterocycles. The van der Waals surface area contributed by atoms with Gasteiger partial charge in [-0.25, -0.2) is 8.42 Å². The number of sulfone groups is 1. The predicted octanol–water partition coefficient (Wildman–Crippen LogP) is 0.412. The molecule has 1 amide bonds. The summed E-state index contributed by atoms with van der Waals surface area (Å²) in [5.41, 5.74) is -0.301. The maximum Gasteiger partial charge on any atom is 0.230 e. The minimum Gasteiger partial charge on any atom is -0.337 e. The Morgan fingerprint density at radius 2 is 2.21 bits per heavy atom. The molecule has 2 rings (SSSR count). The number of hydrogen-bond donors (Lipinski definition) is 1. The van der Waals surface area contributed by atoms with Crippen molar-refractivity contribution < 1.29 is 13.2 Å². The third-order valence-corrected chi connectivity index (χ3v) is 6.15. The predicted molar refractivity (Wildman–Crippen MR) is 74.7 cm³/mol. The third kappa shape index (κ3) is 2.94. The zero-order valence-corrected chi connectivity index (χ0v) is 12.6. The smallest absolute Gasteiger partial charge is 0.230 e. The van der Waals surface area contributed by atoms with Gasteiger partial charge in [-0.1, -0.05) is 13.3 Å². The molecule has 0 spiro atoms. The molecule has 0 bridgehead atoms. The lowest BCUT2D eigenvalue weighted by Crippen LogP contribution is -2.55. The topological polar surface area (TPSA) is 66.5 Å². The normalized spacial score (nSPS) is 34.4. The number of rotatable bonds is 3. The number of carbonyl (C=O) groups is 1. The Hall–Kier alpha value is -0.620. The Morgan fingerprint density at radius 3 is 2.74 bits per heavy atom. The van der Waals surface area contributed by atoms with E-state index in [1.54, 1.807) is 4.90 Å². The Kier molecular flexibility index (Phi) is 4.20. The SMILES string of the molecule is CCCC1(C(=O)N2CCS(=O)(=O)CC2C)CCNC1. The second-order valence-corrected chi connectivity index (χ2v) is 8.15. The highest BCUT2D eigenvalue weighted by Gasteiger charge is 2.45. The average molecular weight is 288 g/mol. The van der Waals surface area contributed by atoms with Crippen LogP contribution >= 0.6 is 0 Å². The number of carbonyl (C=O) groups excluding carboxylic acids is 1. The summed E-state index contributed by atoms with van der Waals surface area (Å²) in [6, 6.07) is -0.194. The Labute approximate surface area is 115 Å². The van der Waals surface area contributed by atoms with Gasteiger partial charge in [0.2, 0.25) is 5.91 Å². The zero-order chi connectivity index (χ0) is 14.1. The van der Waals surface area contributed by atoms with Gasteiger partial charge in [-0.2, -0.15) is 0 Å². The first-order chi connectivity index (χ1) is 8.90. The van der Waals surface area contributed by atoms with E-state index >= 15 is 0 Å². The van der Waals surface area contributed by atoms with Gasteiger partial charge in [-0.05, 0) is 26.3 Å². The van der Waals surface area contributed by atoms with Gasteiger partial charge in [0.25, 0.3) is 0 Å². The highest BCUT2D eigenvalue weighted by Crippen LogP contribution is 2.34. The van der Waals surface area contributed by atoms with Crippen molar-refractivity contribution >= 4 is 15.7 Å². The van der Waals surface area contributed by atoms with Crippen molar-refractivity contribution in [1.82, 2.24) is 10.2 Å². The summed E-state index contributed by atoms with van der Waals surface area (Å²) in [6.45, 7) is 5.91. The van der Waals surface area contributed by atoms with E-state index in [1.807, 2.05) is 6.92 Å². The average Bonchev–Trinajstić information content (AvgIpc) is 2.77. The number of amides is 1. The molecule has 0 radical (unpaired) electrons. The molecule has 2 aliphatic rings. The van der Waals surface area contributed by atoms with E-state index in [4.69, 9.17) is 0 Å². The van der Waals surface area contributed by atoms with Crippen molar-refractivity contribution in [2.75, 3.05) is 31.1 Å². The maximum absolute atomic E-state index is 12.8. The molecule has 110 valence electrons. The Morgan fingerprint density at radius 1 is 1.47 bits per heavy atom. The largest absolute Gasteiger partial charge is 0.337 e. The molecule has 0 aliphatic carbocycles. The van der Waals surface area contributed by atoms with Gasteiger partial charge in [0.15, 0.2) is 9.84 Å². The van der Waals surface area contributed by atoms with Crippen molar-refractivity contribution in [2.24, 2.45) is 5.41 Å². The molecule has 0 aromatic heterocycles. The molecule has 0 aromatic rings. The van der Waals surface area contributed by atoms with E-state index in [9.17, 15) is 13.2 Å². The van der Waals surface area contributed by atoms with Crippen LogP contribution in [-0.4, -0.2) is 56.4 Å². The molecule has 19 heavy (non-hydrogen) atoms. The fourth-order valence-electron chi connectivity index (χ4n) is 3.33. The van der Waals surface area contributed by atoms with Gasteiger partial charge >= 0.3 is 0 Å². The monoisotopic (exact) mass is 288 g/mol. The van der Waals surface area contributed by atoms with Crippen LogP contribution in [0.25, 0.3) is 0 Å². The molecule has 2 heterocycles. The second-order valence-electron chi connectivity index (χ2n) is 5.92. The first-order valence-electron chi connectivity index (χ1n) is 7.12. The fraction of sp³-hybridized carbons (Fsp3) is 0.923. The molecule has 0 aromatic carbocycles. The number of nitrogens with one attached hydrogen (secondary N) is 1. The molecule has 2 unspecified atom stereocenters. The zero-order valence-electron chi connectivity index (χ0n) is 11.8. The van der Waals surface area contributed by atoms with Crippen molar-refractivity contribution in [3.05, 3.63) is 0 Å². The molecule has 6 heteroatoms. The summed E-state index contributed by atoms with van der Waals surface area (Å²) < 4.78 is 23.2. The lowest BCUT2D eigenvalue weighted by molar-refractivity contribution is -0.143. The molecular weight excluding hydrogens is 264 g/mol. The minimum absolute atomic E-state index is 0.106. The highest BCUT2D eigenvalue weighted by atomic mass is 32.2. The van der Waals surface area contributed by atoms with Gasteiger partial charge < -0.3 is 10.2 Å². The summed E-state index contributed by atoms with van der Waals surface area (Å²) in [5, 5.41) is 3.28. The summed E-state index contributed by atoms with van der Waals surface area (Å²) >= 11 is 0. The highest BCUT2D eigenvalue weighted by molar-refractivity contribution is 7.91. The number of hydrogen-bond acceptors (Lipinski definition) is 4. The van der Waals surface area contributed by atoms with E-state index in [0.717, 1.165) is 32.4 Å². The van der Waals surface area contributed by atoms with Gasteiger partial charge in [0.1, 0.15) is 0 Å². The molecule has 2 fully saturated rings. The van der Waals surface area contributed by atoms with E-state index in [-0.39, 0.29) is 28.9 Å². The van der Waals surface area contributed by atoms with E-state index in [0.29, 0.717) is 6.54 Å². The van der Waals surface area contributed by atoms with Crippen LogP contribution in [0.5, 0.6) is 0 Å². The van der Waals surface area contributed by atoms with Crippen molar-refractivity contribution in [3.8, 4) is 0 Å². The first-order valence-corrected chi connectivity index (χ1v) is 8.94. The van der Waals surface area contributed by atoms with E-state index in [2.05, 4.69) is 12.2 Å². The second kappa shape index (κ2) is 5.40. The molecule has 0 saturated carbocycles.